The van der Waals surface area contributed by atoms with Gasteiger partial charge in [-0.2, -0.15) is 0 Å². The van der Waals surface area contributed by atoms with Crippen LogP contribution in [0.1, 0.15) is 15.9 Å². The first-order chi connectivity index (χ1) is 9.51. The fourth-order valence-electron chi connectivity index (χ4n) is 1.67. The van der Waals surface area contributed by atoms with Crippen molar-refractivity contribution >= 4 is 5.91 Å². The van der Waals surface area contributed by atoms with Crippen molar-refractivity contribution in [1.29, 1.82) is 0 Å². The van der Waals surface area contributed by atoms with Gasteiger partial charge in [0.05, 0.1) is 6.54 Å². The molecule has 0 unspecified atom stereocenters. The van der Waals surface area contributed by atoms with Crippen LogP contribution in [0.2, 0.25) is 0 Å². The molecule has 0 saturated heterocycles. The normalized spacial score (nSPS) is 10.3. The zero-order valence-electron chi connectivity index (χ0n) is 10.2. The highest BCUT2D eigenvalue weighted by Crippen LogP contribution is 2.11. The minimum Gasteiger partial charge on any atom is -0.296 e. The SMILES string of the molecule is NNC(=O)c1ccc(F)c(Cn2ccc(=O)[nH]c2=O)c1. The predicted molar refractivity (Wildman–Crippen MR) is 68.5 cm³/mol. The van der Waals surface area contributed by atoms with Crippen molar-refractivity contribution in [1.82, 2.24) is 15.0 Å². The lowest BCUT2D eigenvalue weighted by molar-refractivity contribution is 0.0953. The van der Waals surface area contributed by atoms with Crippen molar-refractivity contribution < 1.29 is 9.18 Å². The van der Waals surface area contributed by atoms with Crippen LogP contribution in [0.4, 0.5) is 4.39 Å². The summed E-state index contributed by atoms with van der Waals surface area (Å²) in [6, 6.07) is 4.82. The van der Waals surface area contributed by atoms with E-state index in [9.17, 15) is 18.8 Å². The number of nitrogens with one attached hydrogen (secondary N) is 2. The number of rotatable bonds is 3. The van der Waals surface area contributed by atoms with Crippen LogP contribution in [0.25, 0.3) is 0 Å². The number of nitrogens with zero attached hydrogens (tertiary/aromatic N) is 1. The van der Waals surface area contributed by atoms with Crippen LogP contribution in [-0.4, -0.2) is 15.5 Å². The largest absolute Gasteiger partial charge is 0.328 e. The molecule has 1 amide bonds. The Kier molecular flexibility index (Phi) is 3.76. The zero-order valence-corrected chi connectivity index (χ0v) is 10.2. The van der Waals surface area contributed by atoms with Gasteiger partial charge in [0.2, 0.25) is 0 Å². The highest BCUT2D eigenvalue weighted by atomic mass is 19.1. The number of amides is 1. The number of aromatic amines is 1. The molecule has 104 valence electrons. The van der Waals surface area contributed by atoms with E-state index < -0.39 is 23.0 Å². The van der Waals surface area contributed by atoms with Gasteiger partial charge in [0, 0.05) is 23.4 Å². The fraction of sp³-hybridized carbons (Fsp3) is 0.0833. The van der Waals surface area contributed by atoms with E-state index in [0.29, 0.717) is 0 Å². The average Bonchev–Trinajstić information content (AvgIpc) is 2.43. The Morgan fingerprint density at radius 2 is 2.10 bits per heavy atom. The van der Waals surface area contributed by atoms with Crippen LogP contribution < -0.4 is 22.5 Å². The summed E-state index contributed by atoms with van der Waals surface area (Å²) < 4.78 is 14.8. The molecular formula is C12H11FN4O3. The Bertz CT molecular complexity index is 766. The Morgan fingerprint density at radius 3 is 2.75 bits per heavy atom. The third-order valence-corrected chi connectivity index (χ3v) is 2.68. The number of hydrazine groups is 1. The molecule has 0 aliphatic heterocycles. The van der Waals surface area contributed by atoms with Crippen molar-refractivity contribution in [3.05, 3.63) is 68.2 Å². The minimum absolute atomic E-state index is 0.118. The second kappa shape index (κ2) is 5.49. The first-order valence-corrected chi connectivity index (χ1v) is 5.60. The Morgan fingerprint density at radius 1 is 1.35 bits per heavy atom. The van der Waals surface area contributed by atoms with E-state index in [4.69, 9.17) is 5.84 Å². The minimum atomic E-state index is -0.662. The van der Waals surface area contributed by atoms with Gasteiger partial charge in [0.25, 0.3) is 11.5 Å². The molecule has 2 rings (SSSR count). The van der Waals surface area contributed by atoms with Crippen molar-refractivity contribution in [3.8, 4) is 0 Å². The number of carbonyl (C=O) groups is 1. The van der Waals surface area contributed by atoms with E-state index in [-0.39, 0.29) is 17.7 Å². The maximum Gasteiger partial charge on any atom is 0.328 e. The summed E-state index contributed by atoms with van der Waals surface area (Å²) in [5, 5.41) is 0. The Hall–Kier alpha value is -2.74. The van der Waals surface area contributed by atoms with Crippen LogP contribution in [0.5, 0.6) is 0 Å². The van der Waals surface area contributed by atoms with Gasteiger partial charge < -0.3 is 0 Å². The monoisotopic (exact) mass is 278 g/mol. The van der Waals surface area contributed by atoms with Gasteiger partial charge in [0.1, 0.15) is 5.82 Å². The molecule has 8 heteroatoms. The van der Waals surface area contributed by atoms with Crippen molar-refractivity contribution in [3.63, 3.8) is 0 Å². The first-order valence-electron chi connectivity index (χ1n) is 5.60. The second-order valence-electron chi connectivity index (χ2n) is 4.02. The number of hydrogen-bond donors (Lipinski definition) is 3. The number of benzene rings is 1. The fourth-order valence-corrected chi connectivity index (χ4v) is 1.67. The highest BCUT2D eigenvalue weighted by molar-refractivity contribution is 5.93. The van der Waals surface area contributed by atoms with Gasteiger partial charge in [-0.3, -0.25) is 24.6 Å². The number of hydrogen-bond acceptors (Lipinski definition) is 4. The average molecular weight is 278 g/mol. The lowest BCUT2D eigenvalue weighted by atomic mass is 10.1. The topological polar surface area (TPSA) is 110 Å². The van der Waals surface area contributed by atoms with E-state index in [1.54, 1.807) is 0 Å². The highest BCUT2D eigenvalue weighted by Gasteiger charge is 2.10. The summed E-state index contributed by atoms with van der Waals surface area (Å²) in [6.45, 7) is -0.118. The molecule has 7 nitrogen and oxygen atoms in total. The van der Waals surface area contributed by atoms with Crippen LogP contribution >= 0.6 is 0 Å². The van der Waals surface area contributed by atoms with E-state index in [0.717, 1.165) is 16.7 Å². The number of halogens is 1. The zero-order chi connectivity index (χ0) is 14.7. The summed E-state index contributed by atoms with van der Waals surface area (Å²) in [5.41, 5.74) is 1.03. The number of H-pyrrole nitrogens is 1. The number of nitrogen functional groups attached to an aromatic ring is 1. The van der Waals surface area contributed by atoms with E-state index >= 15 is 0 Å². The molecule has 1 heterocycles. The maximum atomic E-state index is 13.7. The third-order valence-electron chi connectivity index (χ3n) is 2.68. The van der Waals surface area contributed by atoms with Gasteiger partial charge in [-0.25, -0.2) is 15.0 Å². The molecule has 0 fully saturated rings. The quantitative estimate of drug-likeness (QED) is 0.393. The van der Waals surface area contributed by atoms with Gasteiger partial charge in [-0.15, -0.1) is 0 Å². The summed E-state index contributed by atoms with van der Waals surface area (Å²) in [5.74, 6) is 3.86. The van der Waals surface area contributed by atoms with Crippen molar-refractivity contribution in [2.45, 2.75) is 6.54 Å². The standard InChI is InChI=1S/C12H11FN4O3/c13-9-2-1-7(11(19)16-14)5-8(9)6-17-4-3-10(18)15-12(17)20/h1-5H,6,14H2,(H,16,19)(H,15,18,20). The van der Waals surface area contributed by atoms with Crippen LogP contribution in [0.3, 0.4) is 0 Å². The molecule has 0 aliphatic rings. The summed E-state index contributed by atoms with van der Waals surface area (Å²) in [4.78, 5) is 35.9. The molecule has 4 N–H and O–H groups in total. The lowest BCUT2D eigenvalue weighted by Crippen LogP contribution is -2.31. The number of nitrogens with two attached hydrogens (primary N) is 1. The summed E-state index contributed by atoms with van der Waals surface area (Å²) >= 11 is 0. The second-order valence-corrected chi connectivity index (χ2v) is 4.02. The third kappa shape index (κ3) is 2.81. The molecule has 0 saturated carbocycles. The van der Waals surface area contributed by atoms with Crippen LogP contribution in [-0.2, 0) is 6.54 Å². The van der Waals surface area contributed by atoms with Gasteiger partial charge in [-0.1, -0.05) is 0 Å². The molecule has 0 spiro atoms. The molecule has 0 atom stereocenters. The molecule has 1 aromatic heterocycles. The first kappa shape index (κ1) is 13.7. The molecule has 0 aliphatic carbocycles. The van der Waals surface area contributed by atoms with Gasteiger partial charge in [0.15, 0.2) is 0 Å². The van der Waals surface area contributed by atoms with Crippen LogP contribution in [0.15, 0.2) is 40.1 Å². The van der Waals surface area contributed by atoms with Crippen LogP contribution in [0, 0.1) is 5.82 Å². The van der Waals surface area contributed by atoms with E-state index in [2.05, 4.69) is 4.98 Å². The lowest BCUT2D eigenvalue weighted by Gasteiger charge is -2.08. The van der Waals surface area contributed by atoms with E-state index in [1.165, 1.54) is 18.3 Å². The molecule has 0 radical (unpaired) electrons. The van der Waals surface area contributed by atoms with Gasteiger partial charge >= 0.3 is 5.69 Å². The summed E-state index contributed by atoms with van der Waals surface area (Å²) in [7, 11) is 0. The van der Waals surface area contributed by atoms with Crippen molar-refractivity contribution in [2.75, 3.05) is 0 Å². The molecule has 1 aromatic carbocycles. The maximum absolute atomic E-state index is 13.7. The molecular weight excluding hydrogens is 267 g/mol. The Labute approximate surface area is 111 Å². The number of carbonyl (C=O) groups excluding carboxylic acids is 1. The summed E-state index contributed by atoms with van der Waals surface area (Å²) in [6.07, 6.45) is 1.25. The smallest absolute Gasteiger partial charge is 0.296 e. The predicted octanol–water partition coefficient (Wildman–Crippen LogP) is -0.673. The Balaban J connectivity index is 2.40. The van der Waals surface area contributed by atoms with E-state index in [1.807, 2.05) is 5.43 Å². The molecule has 2 aromatic rings. The van der Waals surface area contributed by atoms with Gasteiger partial charge in [-0.05, 0) is 18.2 Å². The van der Waals surface area contributed by atoms with Crippen molar-refractivity contribution in [2.24, 2.45) is 5.84 Å². The molecule has 0 bridgehead atoms. The number of aromatic nitrogens is 2. The molecule has 20 heavy (non-hydrogen) atoms.